The van der Waals surface area contributed by atoms with Crippen molar-refractivity contribution in [2.45, 2.75) is 13.3 Å². The zero-order chi connectivity index (χ0) is 19.2. The van der Waals surface area contributed by atoms with E-state index in [1.54, 1.807) is 22.6 Å². The Kier molecular flexibility index (Phi) is 6.36. The minimum Gasteiger partial charge on any atom is -0.395 e. The van der Waals surface area contributed by atoms with E-state index in [0.29, 0.717) is 26.1 Å². The van der Waals surface area contributed by atoms with Crippen molar-refractivity contribution in [3.8, 4) is 10.4 Å². The summed E-state index contributed by atoms with van der Waals surface area (Å²) in [5.41, 5.74) is 1.16. The number of aliphatic hydroxyl groups excluding tert-OH is 1. The zero-order valence-corrected chi connectivity index (χ0v) is 16.4. The van der Waals surface area contributed by atoms with E-state index in [0.717, 1.165) is 26.5 Å². The van der Waals surface area contributed by atoms with Crippen LogP contribution >= 0.6 is 11.3 Å². The predicted octanol–water partition coefficient (Wildman–Crippen LogP) is 3.03. The SMILES string of the molecule is CCN(CCO)C(=O)CCN(C)c1ncnc2sc(-c3ccccc3)cc12. The third-order valence-electron chi connectivity index (χ3n) is 4.49. The lowest BCUT2D eigenvalue weighted by Crippen LogP contribution is -2.35. The standard InChI is InChI=1S/C20H24N4O2S/c1-3-24(11-12-25)18(26)9-10-23(2)19-16-13-17(15-7-5-4-6-8-15)27-20(16)22-14-21-19/h4-8,13-14,25H,3,9-12H2,1-2H3. The van der Waals surface area contributed by atoms with Gasteiger partial charge in [-0.15, -0.1) is 11.3 Å². The van der Waals surface area contributed by atoms with E-state index in [-0.39, 0.29) is 12.5 Å². The Balaban J connectivity index is 1.78. The number of hydrogen-bond acceptors (Lipinski definition) is 6. The van der Waals surface area contributed by atoms with Crippen molar-refractivity contribution in [2.75, 3.05) is 38.2 Å². The number of aliphatic hydroxyl groups is 1. The van der Waals surface area contributed by atoms with Crippen LogP contribution in [0.15, 0.2) is 42.7 Å². The van der Waals surface area contributed by atoms with E-state index in [1.807, 2.05) is 37.1 Å². The number of carbonyl (C=O) groups excluding carboxylic acids is 1. The van der Waals surface area contributed by atoms with E-state index in [4.69, 9.17) is 5.11 Å². The first kappa shape index (κ1) is 19.3. The lowest BCUT2D eigenvalue weighted by atomic mass is 10.2. The van der Waals surface area contributed by atoms with Gasteiger partial charge in [0.2, 0.25) is 5.91 Å². The lowest BCUT2D eigenvalue weighted by Gasteiger charge is -2.23. The molecule has 27 heavy (non-hydrogen) atoms. The monoisotopic (exact) mass is 384 g/mol. The molecule has 0 unspecified atom stereocenters. The first-order valence-corrected chi connectivity index (χ1v) is 9.85. The highest BCUT2D eigenvalue weighted by Gasteiger charge is 2.16. The predicted molar refractivity (Wildman–Crippen MR) is 110 cm³/mol. The smallest absolute Gasteiger partial charge is 0.224 e. The van der Waals surface area contributed by atoms with E-state index < -0.39 is 0 Å². The Labute approximate surface area is 163 Å². The maximum absolute atomic E-state index is 12.3. The van der Waals surface area contributed by atoms with Crippen molar-refractivity contribution < 1.29 is 9.90 Å². The molecule has 1 aromatic carbocycles. The van der Waals surface area contributed by atoms with Crippen LogP contribution in [-0.2, 0) is 4.79 Å². The Morgan fingerprint density at radius 2 is 1.96 bits per heavy atom. The molecule has 0 bridgehead atoms. The highest BCUT2D eigenvalue weighted by atomic mass is 32.1. The van der Waals surface area contributed by atoms with Gasteiger partial charge in [-0.25, -0.2) is 9.97 Å². The summed E-state index contributed by atoms with van der Waals surface area (Å²) in [6.07, 6.45) is 1.96. The van der Waals surface area contributed by atoms with Gasteiger partial charge in [-0.3, -0.25) is 4.79 Å². The molecule has 0 fully saturated rings. The van der Waals surface area contributed by atoms with Crippen molar-refractivity contribution >= 4 is 33.3 Å². The van der Waals surface area contributed by atoms with Crippen LogP contribution in [0.5, 0.6) is 0 Å². The van der Waals surface area contributed by atoms with Gasteiger partial charge in [0, 0.05) is 38.0 Å². The van der Waals surface area contributed by atoms with Crippen molar-refractivity contribution in [2.24, 2.45) is 0 Å². The summed E-state index contributed by atoms with van der Waals surface area (Å²) < 4.78 is 0. The Morgan fingerprint density at radius 3 is 2.67 bits per heavy atom. The summed E-state index contributed by atoms with van der Waals surface area (Å²) in [5.74, 6) is 0.871. The van der Waals surface area contributed by atoms with Gasteiger partial charge in [-0.2, -0.15) is 0 Å². The minimum atomic E-state index is -0.0148. The molecule has 0 saturated heterocycles. The maximum atomic E-state index is 12.3. The van der Waals surface area contributed by atoms with Gasteiger partial charge in [0.15, 0.2) is 0 Å². The van der Waals surface area contributed by atoms with Gasteiger partial charge >= 0.3 is 0 Å². The third kappa shape index (κ3) is 4.43. The Morgan fingerprint density at radius 1 is 1.19 bits per heavy atom. The van der Waals surface area contributed by atoms with Gasteiger partial charge in [0.05, 0.1) is 12.0 Å². The largest absolute Gasteiger partial charge is 0.395 e. The molecule has 6 nitrogen and oxygen atoms in total. The molecule has 2 heterocycles. The maximum Gasteiger partial charge on any atom is 0.224 e. The summed E-state index contributed by atoms with van der Waals surface area (Å²) in [6, 6.07) is 12.3. The molecule has 3 rings (SSSR count). The molecular formula is C20H24N4O2S. The number of benzene rings is 1. The van der Waals surface area contributed by atoms with Gasteiger partial charge in [0.25, 0.3) is 0 Å². The summed E-state index contributed by atoms with van der Waals surface area (Å²) in [4.78, 5) is 26.9. The zero-order valence-electron chi connectivity index (χ0n) is 15.6. The van der Waals surface area contributed by atoms with Crippen LogP contribution in [0.1, 0.15) is 13.3 Å². The molecule has 0 radical (unpaired) electrons. The van der Waals surface area contributed by atoms with Crippen molar-refractivity contribution in [3.05, 3.63) is 42.7 Å². The van der Waals surface area contributed by atoms with Gasteiger partial charge in [-0.1, -0.05) is 30.3 Å². The van der Waals surface area contributed by atoms with Crippen LogP contribution in [0.3, 0.4) is 0 Å². The number of rotatable bonds is 8. The molecular weight excluding hydrogens is 360 g/mol. The molecule has 0 spiro atoms. The summed E-state index contributed by atoms with van der Waals surface area (Å²) in [6.45, 7) is 3.44. The van der Waals surface area contributed by atoms with Crippen LogP contribution in [-0.4, -0.2) is 59.2 Å². The number of hydrogen-bond donors (Lipinski definition) is 1. The number of aromatic nitrogens is 2. The number of anilines is 1. The highest BCUT2D eigenvalue weighted by molar-refractivity contribution is 7.21. The summed E-state index contributed by atoms with van der Waals surface area (Å²) >= 11 is 1.64. The Bertz CT molecular complexity index is 897. The fraction of sp³-hybridized carbons (Fsp3) is 0.350. The van der Waals surface area contributed by atoms with E-state index in [1.165, 1.54) is 0 Å². The number of thiophene rings is 1. The molecule has 0 atom stereocenters. The van der Waals surface area contributed by atoms with Crippen molar-refractivity contribution in [3.63, 3.8) is 0 Å². The number of fused-ring (bicyclic) bond motifs is 1. The van der Waals surface area contributed by atoms with Crippen molar-refractivity contribution in [1.29, 1.82) is 0 Å². The minimum absolute atomic E-state index is 0.0148. The summed E-state index contributed by atoms with van der Waals surface area (Å²) in [7, 11) is 1.94. The molecule has 7 heteroatoms. The fourth-order valence-electron chi connectivity index (χ4n) is 3.00. The first-order chi connectivity index (χ1) is 13.1. The van der Waals surface area contributed by atoms with Crippen LogP contribution in [0.4, 0.5) is 5.82 Å². The van der Waals surface area contributed by atoms with Crippen LogP contribution in [0.25, 0.3) is 20.7 Å². The average molecular weight is 385 g/mol. The van der Waals surface area contributed by atoms with E-state index in [2.05, 4.69) is 28.2 Å². The number of nitrogens with zero attached hydrogens (tertiary/aromatic N) is 4. The quantitative estimate of drug-likeness (QED) is 0.646. The topological polar surface area (TPSA) is 69.6 Å². The van der Waals surface area contributed by atoms with Gasteiger partial charge in [-0.05, 0) is 18.6 Å². The second-order valence-corrected chi connectivity index (χ2v) is 7.29. The molecule has 3 aromatic rings. The molecule has 0 aliphatic rings. The number of carbonyl (C=O) groups is 1. The second kappa shape index (κ2) is 8.92. The van der Waals surface area contributed by atoms with E-state index in [9.17, 15) is 4.79 Å². The van der Waals surface area contributed by atoms with Crippen molar-refractivity contribution in [1.82, 2.24) is 14.9 Å². The van der Waals surface area contributed by atoms with Crippen LogP contribution in [0, 0.1) is 0 Å². The second-order valence-electron chi connectivity index (χ2n) is 6.26. The van der Waals surface area contributed by atoms with Gasteiger partial charge in [0.1, 0.15) is 17.0 Å². The van der Waals surface area contributed by atoms with Gasteiger partial charge < -0.3 is 14.9 Å². The first-order valence-electron chi connectivity index (χ1n) is 9.03. The van der Waals surface area contributed by atoms with Crippen LogP contribution < -0.4 is 4.90 Å². The molecule has 0 aliphatic carbocycles. The van der Waals surface area contributed by atoms with Crippen LogP contribution in [0.2, 0.25) is 0 Å². The number of amides is 1. The Hall–Kier alpha value is -2.51. The molecule has 0 aliphatic heterocycles. The molecule has 1 amide bonds. The summed E-state index contributed by atoms with van der Waals surface area (Å²) in [5, 5.41) is 10.1. The number of likely N-dealkylation sites (N-methyl/N-ethyl adjacent to an activating group) is 1. The highest BCUT2D eigenvalue weighted by Crippen LogP contribution is 2.35. The molecule has 1 N–H and O–H groups in total. The molecule has 2 aromatic heterocycles. The molecule has 0 saturated carbocycles. The third-order valence-corrected chi connectivity index (χ3v) is 5.59. The molecule has 142 valence electrons. The fourth-order valence-corrected chi connectivity index (χ4v) is 4.00. The van der Waals surface area contributed by atoms with E-state index >= 15 is 0 Å². The average Bonchev–Trinajstić information content (AvgIpc) is 3.15. The normalized spacial score (nSPS) is 10.9. The lowest BCUT2D eigenvalue weighted by molar-refractivity contribution is -0.131.